The van der Waals surface area contributed by atoms with Gasteiger partial charge in [0.15, 0.2) is 6.29 Å². The Morgan fingerprint density at radius 1 is 1.02 bits per heavy atom. The third-order valence-electron chi connectivity index (χ3n) is 13.2. The summed E-state index contributed by atoms with van der Waals surface area (Å²) in [4.78, 5) is 0. The Morgan fingerprint density at radius 3 is 2.51 bits per heavy atom. The highest BCUT2D eigenvalue weighted by atomic mass is 16.7. The molecule has 5 fully saturated rings. The van der Waals surface area contributed by atoms with Crippen LogP contribution in [-0.4, -0.2) is 87.6 Å². The largest absolute Gasteiger partial charge is 0.394 e. The van der Waals surface area contributed by atoms with Crippen molar-refractivity contribution >= 4 is 0 Å². The fourth-order valence-electron chi connectivity index (χ4n) is 10.8. The Morgan fingerprint density at radius 2 is 1.80 bits per heavy atom. The molecule has 8 nitrogen and oxygen atoms in total. The fourth-order valence-corrected chi connectivity index (χ4v) is 10.8. The SMILES string of the molecule is C[C@H]1CC[C@@H]([C@@H](C)[C@H]2[C@H](O)C[C@H]3[C@@H]4CC=C5C[C@@H](O[C@@H]6O[C@H](CO)[C@@H](O)[C@H](O)[C@H]6O)CC[C@]5(C)[C@H]4CC[C@]23C)NC1. The molecule has 6 aliphatic rings. The number of rotatable bonds is 5. The van der Waals surface area contributed by atoms with E-state index in [0.29, 0.717) is 35.6 Å². The van der Waals surface area contributed by atoms with Crippen molar-refractivity contribution in [2.45, 2.75) is 134 Å². The van der Waals surface area contributed by atoms with Gasteiger partial charge < -0.3 is 40.3 Å². The minimum Gasteiger partial charge on any atom is -0.394 e. The standard InChI is InChI=1S/C33H55NO7/c1-17-5-8-24(34-15-17)18(2)27-25(36)14-23-21-7-6-19-13-20(9-11-32(19,3)22(21)10-12-33(23,27)4)40-31-30(39)29(38)28(37)26(16-35)41-31/h6,17-18,20-31,34-39H,5,7-16H2,1-4H3/t17-,18+,20-,21+,22-,23-,24-,25+,26+,27-,28+,29-,30+,31+,32-,33-/m0/s1. The summed E-state index contributed by atoms with van der Waals surface area (Å²) in [6.07, 6.45) is 5.37. The summed E-state index contributed by atoms with van der Waals surface area (Å²) < 4.78 is 11.8. The van der Waals surface area contributed by atoms with Crippen LogP contribution in [0.25, 0.3) is 0 Å². The molecule has 0 aromatic rings. The van der Waals surface area contributed by atoms with Gasteiger partial charge in [0, 0.05) is 6.04 Å². The summed E-state index contributed by atoms with van der Waals surface area (Å²) >= 11 is 0. The first-order chi connectivity index (χ1) is 19.5. The van der Waals surface area contributed by atoms with E-state index in [1.54, 1.807) is 0 Å². The molecule has 6 N–H and O–H groups in total. The molecule has 0 spiro atoms. The van der Waals surface area contributed by atoms with Crippen LogP contribution in [0.15, 0.2) is 11.6 Å². The summed E-state index contributed by atoms with van der Waals surface area (Å²) in [7, 11) is 0. The van der Waals surface area contributed by atoms with Gasteiger partial charge in [-0.2, -0.15) is 0 Å². The van der Waals surface area contributed by atoms with E-state index in [4.69, 9.17) is 9.47 Å². The van der Waals surface area contributed by atoms with Crippen molar-refractivity contribution in [3.8, 4) is 0 Å². The van der Waals surface area contributed by atoms with Crippen molar-refractivity contribution in [1.29, 1.82) is 0 Å². The molecule has 0 radical (unpaired) electrons. The summed E-state index contributed by atoms with van der Waals surface area (Å²) in [6, 6.07) is 0.508. The number of aliphatic hydroxyl groups is 5. The molecule has 0 bridgehead atoms. The molecular weight excluding hydrogens is 522 g/mol. The molecule has 0 amide bonds. The molecule has 2 aliphatic heterocycles. The van der Waals surface area contributed by atoms with Gasteiger partial charge in [0.05, 0.1) is 18.8 Å². The predicted octanol–water partition coefficient (Wildman–Crippen LogP) is 2.75. The van der Waals surface area contributed by atoms with E-state index in [2.05, 4.69) is 39.1 Å². The van der Waals surface area contributed by atoms with Crippen LogP contribution in [0.5, 0.6) is 0 Å². The second-order valence-electron chi connectivity index (χ2n) is 15.4. The highest BCUT2D eigenvalue weighted by Gasteiger charge is 2.62. The lowest BCUT2D eigenvalue weighted by atomic mass is 9.47. The van der Waals surface area contributed by atoms with Crippen LogP contribution in [0.3, 0.4) is 0 Å². The van der Waals surface area contributed by atoms with Gasteiger partial charge >= 0.3 is 0 Å². The van der Waals surface area contributed by atoms with Gasteiger partial charge in [-0.15, -0.1) is 0 Å². The van der Waals surface area contributed by atoms with E-state index < -0.39 is 37.3 Å². The minimum absolute atomic E-state index is 0.106. The van der Waals surface area contributed by atoms with Crippen LogP contribution in [0.4, 0.5) is 0 Å². The molecule has 8 heteroatoms. The number of fused-ring (bicyclic) bond motifs is 5. The number of piperidine rings is 1. The first kappa shape index (κ1) is 30.4. The van der Waals surface area contributed by atoms with Crippen LogP contribution in [-0.2, 0) is 9.47 Å². The molecule has 0 aromatic heterocycles. The predicted molar refractivity (Wildman–Crippen MR) is 155 cm³/mol. The maximum absolute atomic E-state index is 11.6. The zero-order valence-corrected chi connectivity index (χ0v) is 25.5. The number of aliphatic hydroxyl groups excluding tert-OH is 5. The summed E-state index contributed by atoms with van der Waals surface area (Å²) in [5.74, 6) is 3.31. The smallest absolute Gasteiger partial charge is 0.186 e. The van der Waals surface area contributed by atoms with E-state index >= 15 is 0 Å². The summed E-state index contributed by atoms with van der Waals surface area (Å²) in [5, 5.41) is 55.8. The molecular formula is C33H55NO7. The third-order valence-corrected chi connectivity index (χ3v) is 13.2. The first-order valence-corrected chi connectivity index (χ1v) is 16.5. The molecule has 16 atom stereocenters. The Kier molecular flexibility index (Phi) is 8.47. The van der Waals surface area contributed by atoms with Gasteiger partial charge in [-0.3, -0.25) is 0 Å². The average Bonchev–Trinajstić information content (AvgIpc) is 3.23. The zero-order chi connectivity index (χ0) is 29.3. The molecule has 0 unspecified atom stereocenters. The van der Waals surface area contributed by atoms with Crippen molar-refractivity contribution in [2.75, 3.05) is 13.2 Å². The monoisotopic (exact) mass is 577 g/mol. The molecule has 0 aromatic carbocycles. The Hall–Kier alpha value is -0.580. The van der Waals surface area contributed by atoms with Crippen molar-refractivity contribution in [2.24, 2.45) is 46.3 Å². The van der Waals surface area contributed by atoms with E-state index in [1.807, 2.05) is 0 Å². The summed E-state index contributed by atoms with van der Waals surface area (Å²) in [5.41, 5.74) is 1.72. The van der Waals surface area contributed by atoms with Crippen LogP contribution in [0, 0.1) is 46.3 Å². The van der Waals surface area contributed by atoms with Crippen LogP contribution >= 0.6 is 0 Å². The fraction of sp³-hybridized carbons (Fsp3) is 0.939. The zero-order valence-electron chi connectivity index (χ0n) is 25.5. The second kappa shape index (κ2) is 11.4. The van der Waals surface area contributed by atoms with E-state index in [0.717, 1.165) is 44.6 Å². The second-order valence-corrected chi connectivity index (χ2v) is 15.4. The Labute approximate surface area is 245 Å². The quantitative estimate of drug-likeness (QED) is 0.275. The lowest BCUT2D eigenvalue weighted by Crippen LogP contribution is -2.60. The van der Waals surface area contributed by atoms with E-state index in [-0.39, 0.29) is 23.0 Å². The van der Waals surface area contributed by atoms with Crippen molar-refractivity contribution in [1.82, 2.24) is 5.32 Å². The lowest BCUT2D eigenvalue weighted by Gasteiger charge is -2.58. The van der Waals surface area contributed by atoms with Crippen LogP contribution in [0.2, 0.25) is 0 Å². The van der Waals surface area contributed by atoms with Crippen molar-refractivity contribution in [3.05, 3.63) is 11.6 Å². The van der Waals surface area contributed by atoms with Gasteiger partial charge in [0.25, 0.3) is 0 Å². The molecule has 3 saturated carbocycles. The highest BCUT2D eigenvalue weighted by molar-refractivity contribution is 5.26. The maximum Gasteiger partial charge on any atom is 0.186 e. The first-order valence-electron chi connectivity index (χ1n) is 16.5. The van der Waals surface area contributed by atoms with Crippen molar-refractivity contribution in [3.63, 3.8) is 0 Å². The number of allylic oxidation sites excluding steroid dienone is 1. The van der Waals surface area contributed by atoms with Gasteiger partial charge in [-0.25, -0.2) is 0 Å². The number of hydrogen-bond acceptors (Lipinski definition) is 8. The Bertz CT molecular complexity index is 967. The number of ether oxygens (including phenoxy) is 2. The Balaban J connectivity index is 1.15. The van der Waals surface area contributed by atoms with Crippen LogP contribution in [0.1, 0.15) is 85.5 Å². The van der Waals surface area contributed by atoms with Gasteiger partial charge in [0.1, 0.15) is 24.4 Å². The third kappa shape index (κ3) is 5.06. The molecule has 4 aliphatic carbocycles. The van der Waals surface area contributed by atoms with Gasteiger partial charge in [-0.05, 0) is 111 Å². The normalized spacial score (nSPS) is 54.5. The van der Waals surface area contributed by atoms with E-state index in [1.165, 1.54) is 31.3 Å². The molecule has 2 heterocycles. The topological polar surface area (TPSA) is 132 Å². The molecule has 41 heavy (non-hydrogen) atoms. The average molecular weight is 578 g/mol. The molecule has 6 rings (SSSR count). The van der Waals surface area contributed by atoms with Gasteiger partial charge in [0.2, 0.25) is 0 Å². The highest BCUT2D eigenvalue weighted by Crippen LogP contribution is 2.67. The molecule has 2 saturated heterocycles. The maximum atomic E-state index is 11.6. The van der Waals surface area contributed by atoms with E-state index in [9.17, 15) is 25.5 Å². The summed E-state index contributed by atoms with van der Waals surface area (Å²) in [6.45, 7) is 10.3. The van der Waals surface area contributed by atoms with Crippen molar-refractivity contribution < 1.29 is 35.0 Å². The van der Waals surface area contributed by atoms with Gasteiger partial charge in [-0.1, -0.05) is 39.3 Å². The number of nitrogens with one attached hydrogen (secondary N) is 1. The molecule has 234 valence electrons. The lowest BCUT2D eigenvalue weighted by molar-refractivity contribution is -0.313. The minimum atomic E-state index is -1.42. The number of hydrogen-bond donors (Lipinski definition) is 6. The van der Waals surface area contributed by atoms with Crippen LogP contribution < -0.4 is 5.32 Å².